The van der Waals surface area contributed by atoms with Crippen LogP contribution in [0, 0.1) is 11.8 Å². The highest BCUT2D eigenvalue weighted by Gasteiger charge is 2.35. The number of fused-ring (bicyclic) bond motifs is 2. The highest BCUT2D eigenvalue weighted by molar-refractivity contribution is 6.28. The number of nitrogens with one attached hydrogen (secondary N) is 1. The fourth-order valence-corrected chi connectivity index (χ4v) is 6.05. The van der Waals surface area contributed by atoms with Crippen LogP contribution < -0.4 is 24.4 Å². The van der Waals surface area contributed by atoms with Gasteiger partial charge in [0, 0.05) is 42.0 Å². The monoisotopic (exact) mass is 513 g/mol. The van der Waals surface area contributed by atoms with Crippen molar-refractivity contribution in [1.29, 1.82) is 0 Å². The average Bonchev–Trinajstić information content (AvgIpc) is 3.36. The molecule has 2 atom stereocenters. The van der Waals surface area contributed by atoms with E-state index in [-0.39, 0.29) is 5.78 Å². The van der Waals surface area contributed by atoms with Gasteiger partial charge in [0.15, 0.2) is 23.0 Å². The number of ketones is 1. The van der Waals surface area contributed by atoms with Crippen molar-refractivity contribution in [1.82, 2.24) is 5.16 Å². The summed E-state index contributed by atoms with van der Waals surface area (Å²) >= 11 is 0. The Hall–Kier alpha value is -4.20. The third kappa shape index (κ3) is 3.74. The Bertz CT molecular complexity index is 1520. The predicted molar refractivity (Wildman–Crippen MR) is 147 cm³/mol. The van der Waals surface area contributed by atoms with E-state index >= 15 is 0 Å². The highest BCUT2D eigenvalue weighted by Crippen LogP contribution is 2.48. The highest BCUT2D eigenvalue weighted by atomic mass is 16.5. The maximum Gasteiger partial charge on any atom is 0.203 e. The Morgan fingerprint density at radius 1 is 0.947 bits per heavy atom. The van der Waals surface area contributed by atoms with Crippen molar-refractivity contribution < 1.29 is 23.5 Å². The van der Waals surface area contributed by atoms with Crippen LogP contribution in [-0.4, -0.2) is 45.4 Å². The van der Waals surface area contributed by atoms with Gasteiger partial charge in [-0.15, -0.1) is 0 Å². The van der Waals surface area contributed by atoms with Crippen molar-refractivity contribution in [3.8, 4) is 28.6 Å². The van der Waals surface area contributed by atoms with Gasteiger partial charge in [0.1, 0.15) is 5.52 Å². The molecule has 2 heterocycles. The van der Waals surface area contributed by atoms with Crippen molar-refractivity contribution in [2.75, 3.05) is 44.6 Å². The summed E-state index contributed by atoms with van der Waals surface area (Å²) < 4.78 is 22.6. The van der Waals surface area contributed by atoms with Crippen molar-refractivity contribution in [2.24, 2.45) is 11.8 Å². The Morgan fingerprint density at radius 3 is 2.24 bits per heavy atom. The summed E-state index contributed by atoms with van der Waals surface area (Å²) in [6, 6.07) is 13.2. The van der Waals surface area contributed by atoms with E-state index in [9.17, 15) is 4.79 Å². The first-order valence-corrected chi connectivity index (χ1v) is 12.9. The number of piperidine rings is 1. The quantitative estimate of drug-likeness (QED) is 0.283. The molecule has 8 heteroatoms. The number of carbonyl (C=O) groups is 1. The summed E-state index contributed by atoms with van der Waals surface area (Å²) in [5.41, 5.74) is 4.96. The molecule has 2 aliphatic rings. The Balaban J connectivity index is 1.58. The van der Waals surface area contributed by atoms with Crippen LogP contribution in [0.4, 0.5) is 17.1 Å². The number of rotatable bonds is 6. The van der Waals surface area contributed by atoms with E-state index in [1.165, 1.54) is 6.42 Å². The minimum Gasteiger partial charge on any atom is -0.493 e. The zero-order valence-corrected chi connectivity index (χ0v) is 22.3. The topological polar surface area (TPSA) is 86.1 Å². The molecule has 0 unspecified atom stereocenters. The SMILES string of the molecule is COc1cc(Nc2cc(N3C[C@@H](C)C[C@H](C)C3)c3noc4c3c2C(=O)c2ccccc2-4)cc(OC)c1OC. The van der Waals surface area contributed by atoms with E-state index in [1.54, 1.807) is 21.3 Å². The molecule has 0 radical (unpaired) electrons. The molecular weight excluding hydrogens is 482 g/mol. The van der Waals surface area contributed by atoms with Crippen molar-refractivity contribution in [3.63, 3.8) is 0 Å². The van der Waals surface area contributed by atoms with Crippen molar-refractivity contribution in [2.45, 2.75) is 20.3 Å². The summed E-state index contributed by atoms with van der Waals surface area (Å²) in [6.07, 6.45) is 1.18. The van der Waals surface area contributed by atoms with E-state index in [4.69, 9.17) is 18.7 Å². The van der Waals surface area contributed by atoms with Crippen LogP contribution in [0.25, 0.3) is 22.2 Å². The van der Waals surface area contributed by atoms with Crippen LogP contribution in [0.3, 0.4) is 0 Å². The fraction of sp³-hybridized carbons (Fsp3) is 0.333. The molecular formula is C30H31N3O5. The zero-order chi connectivity index (χ0) is 26.6. The molecule has 8 nitrogen and oxygen atoms in total. The average molecular weight is 514 g/mol. The van der Waals surface area contributed by atoms with Gasteiger partial charge in [-0.3, -0.25) is 4.79 Å². The number of methoxy groups -OCH3 is 3. The van der Waals surface area contributed by atoms with Gasteiger partial charge in [-0.1, -0.05) is 43.3 Å². The molecule has 1 N–H and O–H groups in total. The van der Waals surface area contributed by atoms with E-state index in [0.29, 0.717) is 57.3 Å². The summed E-state index contributed by atoms with van der Waals surface area (Å²) in [7, 11) is 4.73. The van der Waals surface area contributed by atoms with Gasteiger partial charge < -0.3 is 29.0 Å². The fourth-order valence-electron chi connectivity index (χ4n) is 6.05. The second-order valence-corrected chi connectivity index (χ2v) is 10.3. The number of ether oxygens (including phenoxy) is 3. The third-order valence-corrected chi connectivity index (χ3v) is 7.53. The lowest BCUT2D eigenvalue weighted by Crippen LogP contribution is -2.39. The number of benzene rings is 3. The molecule has 1 aromatic heterocycles. The van der Waals surface area contributed by atoms with Crippen LogP contribution in [0.2, 0.25) is 0 Å². The van der Waals surface area contributed by atoms with Crippen molar-refractivity contribution >= 4 is 33.7 Å². The van der Waals surface area contributed by atoms with Crippen LogP contribution in [0.5, 0.6) is 17.2 Å². The normalized spacial score (nSPS) is 18.3. The summed E-state index contributed by atoms with van der Waals surface area (Å²) in [6.45, 7) is 6.38. The molecule has 196 valence electrons. The van der Waals surface area contributed by atoms with E-state index in [1.807, 2.05) is 42.5 Å². The third-order valence-electron chi connectivity index (χ3n) is 7.53. The molecule has 0 bridgehead atoms. The lowest BCUT2D eigenvalue weighted by molar-refractivity contribution is 0.104. The van der Waals surface area contributed by atoms with Gasteiger partial charge in [0.2, 0.25) is 5.75 Å². The summed E-state index contributed by atoms with van der Waals surface area (Å²) in [5, 5.41) is 8.76. The van der Waals surface area contributed by atoms with Gasteiger partial charge in [-0.2, -0.15) is 0 Å². The first-order chi connectivity index (χ1) is 18.4. The molecule has 0 spiro atoms. The Morgan fingerprint density at radius 2 is 1.61 bits per heavy atom. The smallest absolute Gasteiger partial charge is 0.203 e. The summed E-state index contributed by atoms with van der Waals surface area (Å²) in [4.78, 5) is 16.3. The molecule has 4 aromatic rings. The predicted octanol–water partition coefficient (Wildman–Crippen LogP) is 6.29. The first kappa shape index (κ1) is 24.2. The zero-order valence-electron chi connectivity index (χ0n) is 22.3. The van der Waals surface area contributed by atoms with Crippen LogP contribution in [0.15, 0.2) is 47.0 Å². The number of aromatic nitrogens is 1. The second-order valence-electron chi connectivity index (χ2n) is 10.3. The van der Waals surface area contributed by atoms with Gasteiger partial charge in [-0.25, -0.2) is 0 Å². The van der Waals surface area contributed by atoms with E-state index < -0.39 is 0 Å². The Kier molecular flexibility index (Phi) is 5.90. The van der Waals surface area contributed by atoms with Crippen molar-refractivity contribution in [3.05, 3.63) is 53.6 Å². The standard InChI is InChI=1S/C30H31N3O5/c1-16-10-17(2)15-33(14-16)22-13-21(31-18-11-23(35-3)30(37-5)24(12-18)36-4)25-26-27(22)32-38-29(26)20-9-7-6-8-19(20)28(25)34/h6-9,11-13,16-17,31H,10,14-15H2,1-5H3/t16-,17-/m0/s1. The Labute approximate surface area is 221 Å². The molecule has 1 saturated heterocycles. The van der Waals surface area contributed by atoms with Gasteiger partial charge in [0.05, 0.1) is 43.7 Å². The molecule has 1 aliphatic heterocycles. The maximum atomic E-state index is 13.9. The van der Waals surface area contributed by atoms with E-state index in [0.717, 1.165) is 35.2 Å². The molecule has 1 aliphatic carbocycles. The number of carbonyl (C=O) groups excluding carboxylic acids is 1. The molecule has 38 heavy (non-hydrogen) atoms. The lowest BCUT2D eigenvalue weighted by atomic mass is 9.85. The molecule has 6 rings (SSSR count). The largest absolute Gasteiger partial charge is 0.493 e. The van der Waals surface area contributed by atoms with Gasteiger partial charge >= 0.3 is 0 Å². The molecule has 0 saturated carbocycles. The number of hydrogen-bond donors (Lipinski definition) is 1. The molecule has 1 fully saturated rings. The minimum absolute atomic E-state index is 0.0665. The molecule has 3 aromatic carbocycles. The van der Waals surface area contributed by atoms with E-state index in [2.05, 4.69) is 29.2 Å². The maximum absolute atomic E-state index is 13.9. The minimum atomic E-state index is -0.0665. The van der Waals surface area contributed by atoms with Gasteiger partial charge in [-0.05, 0) is 24.3 Å². The number of hydrogen-bond acceptors (Lipinski definition) is 8. The number of nitrogens with zero attached hydrogens (tertiary/aromatic N) is 2. The second kappa shape index (κ2) is 9.28. The number of anilines is 3. The molecule has 0 amide bonds. The van der Waals surface area contributed by atoms with Gasteiger partial charge in [0.25, 0.3) is 0 Å². The van der Waals surface area contributed by atoms with Crippen LogP contribution in [-0.2, 0) is 0 Å². The lowest BCUT2D eigenvalue weighted by Gasteiger charge is -2.37. The van der Waals surface area contributed by atoms with Crippen LogP contribution in [0.1, 0.15) is 36.2 Å². The van der Waals surface area contributed by atoms with Crippen LogP contribution >= 0.6 is 0 Å². The summed E-state index contributed by atoms with van der Waals surface area (Å²) in [5.74, 6) is 3.18. The first-order valence-electron chi connectivity index (χ1n) is 12.9.